The topological polar surface area (TPSA) is 0 Å². The maximum absolute atomic E-state index is 2.47. The molecule has 3 rings (SSSR count). The summed E-state index contributed by atoms with van der Waals surface area (Å²) in [5.74, 6) is 0.658. The minimum atomic E-state index is 0.418. The minimum absolute atomic E-state index is 0.418. The van der Waals surface area contributed by atoms with E-state index in [0.29, 0.717) is 11.3 Å². The van der Waals surface area contributed by atoms with Gasteiger partial charge in [-0.05, 0) is 56.2 Å². The van der Waals surface area contributed by atoms with E-state index in [4.69, 9.17) is 0 Å². The van der Waals surface area contributed by atoms with E-state index in [1.54, 1.807) is 11.1 Å². The van der Waals surface area contributed by atoms with Crippen molar-refractivity contribution in [3.05, 3.63) is 52.6 Å². The third-order valence-corrected chi connectivity index (χ3v) is 5.66. The molecule has 0 unspecified atom stereocenters. The van der Waals surface area contributed by atoms with Crippen molar-refractivity contribution >= 4 is 5.57 Å². The lowest BCUT2D eigenvalue weighted by atomic mass is 9.65. The summed E-state index contributed by atoms with van der Waals surface area (Å²) in [5.41, 5.74) is 7.94. The Morgan fingerprint density at radius 1 is 1.14 bits per heavy atom. The van der Waals surface area contributed by atoms with E-state index in [1.165, 1.54) is 48.8 Å². The molecule has 0 amide bonds. The molecule has 0 radical (unpaired) electrons. The summed E-state index contributed by atoms with van der Waals surface area (Å²) in [6.07, 6.45) is 11.6. The van der Waals surface area contributed by atoms with E-state index in [1.807, 2.05) is 0 Å². The first-order valence-electron chi connectivity index (χ1n) is 8.51. The Bertz CT molecular complexity index is 590. The molecule has 0 aliphatic heterocycles. The number of fused-ring (bicyclic) bond motifs is 2. The van der Waals surface area contributed by atoms with E-state index >= 15 is 0 Å². The van der Waals surface area contributed by atoms with Crippen LogP contribution < -0.4 is 0 Å². The number of hydrogen-bond donors (Lipinski definition) is 0. The number of hydrogen-bond acceptors (Lipinski definition) is 0. The number of aryl methyl sites for hydroxylation is 1. The van der Waals surface area contributed by atoms with Crippen LogP contribution in [-0.2, 0) is 5.41 Å². The SMILES string of the molecule is CC(C)=C/C=C1/c2ccc(C)cc2C2(CCCCC2)[C@H]1C. The highest BCUT2D eigenvalue weighted by Crippen LogP contribution is 2.56. The number of allylic oxidation sites excluding steroid dienone is 4. The second-order valence-corrected chi connectivity index (χ2v) is 7.35. The predicted octanol–water partition coefficient (Wildman–Crippen LogP) is 6.20. The lowest BCUT2D eigenvalue weighted by Crippen LogP contribution is -2.32. The maximum Gasteiger partial charge on any atom is 0.00253 e. The number of rotatable bonds is 1. The van der Waals surface area contributed by atoms with Crippen LogP contribution in [0.5, 0.6) is 0 Å². The Kier molecular flexibility index (Phi) is 3.82. The van der Waals surface area contributed by atoms with Gasteiger partial charge in [-0.25, -0.2) is 0 Å². The number of benzene rings is 1. The average molecular weight is 280 g/mol. The monoisotopic (exact) mass is 280 g/mol. The summed E-state index contributed by atoms with van der Waals surface area (Å²) >= 11 is 0. The molecule has 1 spiro atoms. The average Bonchev–Trinajstić information content (AvgIpc) is 2.68. The standard InChI is InChI=1S/C21H28/c1-15(2)8-10-18-17(4)21(12-6-5-7-13-21)20-14-16(3)9-11-19(18)20/h8-11,14,17H,5-7,12-13H2,1-4H3/b18-10+/t17-/m0/s1. The highest BCUT2D eigenvalue weighted by Gasteiger charge is 2.47. The lowest BCUT2D eigenvalue weighted by Gasteiger charge is -2.39. The summed E-state index contributed by atoms with van der Waals surface area (Å²) < 4.78 is 0. The first-order chi connectivity index (χ1) is 10.0. The molecule has 0 saturated heterocycles. The van der Waals surface area contributed by atoms with Gasteiger partial charge < -0.3 is 0 Å². The van der Waals surface area contributed by atoms with Crippen LogP contribution in [0.1, 0.15) is 69.6 Å². The molecule has 0 nitrogen and oxygen atoms in total. The molecular weight excluding hydrogens is 252 g/mol. The summed E-state index contributed by atoms with van der Waals surface area (Å²) in [6.45, 7) is 9.07. The lowest BCUT2D eigenvalue weighted by molar-refractivity contribution is 0.252. The molecule has 0 heteroatoms. The van der Waals surface area contributed by atoms with E-state index in [2.05, 4.69) is 58.0 Å². The van der Waals surface area contributed by atoms with Crippen molar-refractivity contribution in [2.75, 3.05) is 0 Å². The second kappa shape index (κ2) is 5.48. The molecule has 1 aromatic carbocycles. The van der Waals surface area contributed by atoms with Gasteiger partial charge in [0.1, 0.15) is 0 Å². The molecule has 112 valence electrons. The fourth-order valence-corrected chi connectivity index (χ4v) is 4.46. The third kappa shape index (κ3) is 2.39. The zero-order valence-electron chi connectivity index (χ0n) is 14.0. The van der Waals surface area contributed by atoms with Crippen LogP contribution in [0.2, 0.25) is 0 Å². The first kappa shape index (κ1) is 14.6. The van der Waals surface area contributed by atoms with Gasteiger partial charge >= 0.3 is 0 Å². The van der Waals surface area contributed by atoms with Crippen LogP contribution in [-0.4, -0.2) is 0 Å². The first-order valence-corrected chi connectivity index (χ1v) is 8.51. The molecular formula is C21H28. The van der Waals surface area contributed by atoms with Crippen LogP contribution >= 0.6 is 0 Å². The van der Waals surface area contributed by atoms with Gasteiger partial charge in [-0.2, -0.15) is 0 Å². The molecule has 1 aromatic rings. The van der Waals surface area contributed by atoms with Crippen molar-refractivity contribution in [1.29, 1.82) is 0 Å². The van der Waals surface area contributed by atoms with Crippen LogP contribution in [0.3, 0.4) is 0 Å². The molecule has 1 fully saturated rings. The van der Waals surface area contributed by atoms with Crippen molar-refractivity contribution in [2.45, 2.75) is 65.2 Å². The van der Waals surface area contributed by atoms with Gasteiger partial charge in [-0.3, -0.25) is 0 Å². The molecule has 0 aromatic heterocycles. The minimum Gasteiger partial charge on any atom is -0.0764 e. The Balaban J connectivity index is 2.16. The van der Waals surface area contributed by atoms with Gasteiger partial charge in [0.25, 0.3) is 0 Å². The zero-order valence-corrected chi connectivity index (χ0v) is 14.0. The van der Waals surface area contributed by atoms with Crippen LogP contribution in [0.4, 0.5) is 0 Å². The third-order valence-electron chi connectivity index (χ3n) is 5.66. The van der Waals surface area contributed by atoms with E-state index in [0.717, 1.165) is 0 Å². The zero-order chi connectivity index (χ0) is 15.0. The van der Waals surface area contributed by atoms with Gasteiger partial charge in [0.05, 0.1) is 0 Å². The van der Waals surface area contributed by atoms with Crippen LogP contribution in [0, 0.1) is 12.8 Å². The van der Waals surface area contributed by atoms with Crippen molar-refractivity contribution in [1.82, 2.24) is 0 Å². The van der Waals surface area contributed by atoms with E-state index < -0.39 is 0 Å². The quantitative estimate of drug-likeness (QED) is 0.575. The molecule has 2 aliphatic rings. The summed E-state index contributed by atoms with van der Waals surface area (Å²) in [6, 6.07) is 7.12. The Labute approximate surface area is 130 Å². The summed E-state index contributed by atoms with van der Waals surface area (Å²) in [7, 11) is 0. The molecule has 0 bridgehead atoms. The van der Waals surface area contributed by atoms with E-state index in [9.17, 15) is 0 Å². The van der Waals surface area contributed by atoms with Crippen LogP contribution in [0.15, 0.2) is 35.9 Å². The molecule has 21 heavy (non-hydrogen) atoms. The largest absolute Gasteiger partial charge is 0.0764 e. The highest BCUT2D eigenvalue weighted by molar-refractivity contribution is 5.79. The highest BCUT2D eigenvalue weighted by atomic mass is 14.5. The molecule has 0 N–H and O–H groups in total. The summed E-state index contributed by atoms with van der Waals surface area (Å²) in [4.78, 5) is 0. The van der Waals surface area contributed by atoms with Crippen molar-refractivity contribution in [2.24, 2.45) is 5.92 Å². The fourth-order valence-electron chi connectivity index (χ4n) is 4.46. The van der Waals surface area contributed by atoms with Crippen molar-refractivity contribution in [3.8, 4) is 0 Å². The van der Waals surface area contributed by atoms with Gasteiger partial charge in [0, 0.05) is 5.41 Å². The summed E-state index contributed by atoms with van der Waals surface area (Å²) in [5, 5.41) is 0. The van der Waals surface area contributed by atoms with Gasteiger partial charge in [-0.15, -0.1) is 0 Å². The Morgan fingerprint density at radius 2 is 1.86 bits per heavy atom. The molecule has 2 aliphatic carbocycles. The molecule has 1 atom stereocenters. The van der Waals surface area contributed by atoms with Gasteiger partial charge in [0.15, 0.2) is 0 Å². The normalized spacial score (nSPS) is 25.1. The van der Waals surface area contributed by atoms with E-state index in [-0.39, 0.29) is 0 Å². The Hall–Kier alpha value is -1.30. The maximum atomic E-state index is 2.47. The molecule has 1 saturated carbocycles. The van der Waals surface area contributed by atoms with Crippen LogP contribution in [0.25, 0.3) is 5.57 Å². The van der Waals surface area contributed by atoms with Gasteiger partial charge in [0.2, 0.25) is 0 Å². The molecule has 0 heterocycles. The van der Waals surface area contributed by atoms with Gasteiger partial charge in [-0.1, -0.05) is 67.7 Å². The fraction of sp³-hybridized carbons (Fsp3) is 0.524. The second-order valence-electron chi connectivity index (χ2n) is 7.35. The predicted molar refractivity (Wildman–Crippen MR) is 92.5 cm³/mol. The smallest absolute Gasteiger partial charge is 0.00253 e. The van der Waals surface area contributed by atoms with Crippen molar-refractivity contribution < 1.29 is 0 Å². The Morgan fingerprint density at radius 3 is 2.52 bits per heavy atom. The van der Waals surface area contributed by atoms with Crippen molar-refractivity contribution in [3.63, 3.8) is 0 Å².